The first kappa shape index (κ1) is 16.4. The Labute approximate surface area is 150 Å². The summed E-state index contributed by atoms with van der Waals surface area (Å²) in [5.41, 5.74) is 3.11. The first-order chi connectivity index (χ1) is 12.1. The van der Waals surface area contributed by atoms with Crippen LogP contribution < -0.4 is 4.72 Å². The molecule has 1 N–H and O–H groups in total. The van der Waals surface area contributed by atoms with E-state index in [4.69, 9.17) is 0 Å². The third-order valence-electron chi connectivity index (χ3n) is 4.16. The molecule has 6 nitrogen and oxygen atoms in total. The molecule has 0 saturated heterocycles. The van der Waals surface area contributed by atoms with E-state index in [1.54, 1.807) is 29.9 Å². The smallest absolute Gasteiger partial charge is 0.250 e. The van der Waals surface area contributed by atoms with Crippen LogP contribution in [0.25, 0.3) is 11.3 Å². The molecule has 0 aliphatic heterocycles. The van der Waals surface area contributed by atoms with Crippen LogP contribution in [0.1, 0.15) is 24.5 Å². The average molecular weight is 374 g/mol. The van der Waals surface area contributed by atoms with Gasteiger partial charge in [0.25, 0.3) is 0 Å². The maximum Gasteiger partial charge on any atom is 0.250 e. The molecule has 4 rings (SSSR count). The fourth-order valence-electron chi connectivity index (χ4n) is 2.76. The van der Waals surface area contributed by atoms with Gasteiger partial charge in [0.1, 0.15) is 4.21 Å². The number of hydrogen-bond donors (Lipinski definition) is 1. The van der Waals surface area contributed by atoms with Crippen molar-refractivity contribution in [2.24, 2.45) is 0 Å². The molecule has 3 heterocycles. The van der Waals surface area contributed by atoms with Gasteiger partial charge in [0.05, 0.1) is 12.2 Å². The lowest BCUT2D eigenvalue weighted by Crippen LogP contribution is -2.27. The van der Waals surface area contributed by atoms with Crippen LogP contribution in [-0.4, -0.2) is 29.7 Å². The average Bonchev–Trinajstić information content (AvgIpc) is 3.13. The van der Waals surface area contributed by atoms with Crippen molar-refractivity contribution in [1.82, 2.24) is 19.5 Å². The van der Waals surface area contributed by atoms with E-state index in [-0.39, 0.29) is 0 Å². The second-order valence-electron chi connectivity index (χ2n) is 6.02. The van der Waals surface area contributed by atoms with Crippen molar-refractivity contribution in [3.05, 3.63) is 53.8 Å². The fraction of sp³-hybridized carbons (Fsp3) is 0.294. The van der Waals surface area contributed by atoms with Crippen molar-refractivity contribution < 1.29 is 8.42 Å². The Balaban J connectivity index is 1.49. The molecule has 8 heteroatoms. The van der Waals surface area contributed by atoms with Crippen LogP contribution in [0.4, 0.5) is 0 Å². The first-order valence-electron chi connectivity index (χ1n) is 8.15. The summed E-state index contributed by atoms with van der Waals surface area (Å²) in [4.78, 5) is 4.04. The molecule has 0 radical (unpaired) electrons. The summed E-state index contributed by atoms with van der Waals surface area (Å²) in [6.07, 6.45) is 5.84. The molecule has 3 aromatic heterocycles. The van der Waals surface area contributed by atoms with Crippen LogP contribution in [-0.2, 0) is 16.6 Å². The number of rotatable bonds is 7. The van der Waals surface area contributed by atoms with E-state index in [0.717, 1.165) is 11.3 Å². The van der Waals surface area contributed by atoms with Crippen LogP contribution in [0.3, 0.4) is 0 Å². The first-order valence-corrected chi connectivity index (χ1v) is 10.5. The summed E-state index contributed by atoms with van der Waals surface area (Å²) in [6, 6.07) is 9.32. The third-order valence-corrected chi connectivity index (χ3v) is 7.02. The highest BCUT2D eigenvalue weighted by atomic mass is 32.2. The predicted octanol–water partition coefficient (Wildman–Crippen LogP) is 2.86. The molecular formula is C17H18N4O2S2. The van der Waals surface area contributed by atoms with E-state index >= 15 is 0 Å². The number of nitrogens with zero attached hydrogens (tertiary/aromatic N) is 3. The molecule has 0 spiro atoms. The van der Waals surface area contributed by atoms with Crippen LogP contribution in [0, 0.1) is 0 Å². The molecule has 1 aliphatic carbocycles. The Morgan fingerprint density at radius 3 is 2.72 bits per heavy atom. The normalized spacial score (nSPS) is 14.7. The summed E-state index contributed by atoms with van der Waals surface area (Å²) in [6.45, 7) is 0.832. The fourth-order valence-corrected chi connectivity index (χ4v) is 4.81. The Morgan fingerprint density at radius 2 is 2.04 bits per heavy atom. The van der Waals surface area contributed by atoms with Gasteiger partial charge in [-0.1, -0.05) is 6.07 Å². The minimum Gasteiger partial charge on any atom is -0.267 e. The number of pyridine rings is 1. The van der Waals surface area contributed by atoms with E-state index in [2.05, 4.69) is 20.9 Å². The largest absolute Gasteiger partial charge is 0.267 e. The second kappa shape index (κ2) is 6.70. The lowest BCUT2D eigenvalue weighted by molar-refractivity contribution is 0.553. The third kappa shape index (κ3) is 3.65. The highest BCUT2D eigenvalue weighted by Gasteiger charge is 2.28. The topological polar surface area (TPSA) is 76.9 Å². The zero-order valence-corrected chi connectivity index (χ0v) is 15.1. The highest BCUT2D eigenvalue weighted by Crippen LogP contribution is 2.41. The van der Waals surface area contributed by atoms with Crippen LogP contribution in [0.2, 0.25) is 0 Å². The van der Waals surface area contributed by atoms with Crippen molar-refractivity contribution in [3.8, 4) is 11.3 Å². The van der Waals surface area contributed by atoms with Gasteiger partial charge in [-0.05, 0) is 42.5 Å². The van der Waals surface area contributed by atoms with Gasteiger partial charge in [0.15, 0.2) is 0 Å². The standard InChI is InChI=1S/C17H18N4O2S2/c22-25(23,17-2-1-11-24-17)19-9-10-21-16(14-3-4-14)12-15(20-21)13-5-7-18-8-6-13/h1-2,5-8,11-12,14,19H,3-4,9-10H2. The second-order valence-corrected chi connectivity index (χ2v) is 8.96. The van der Waals surface area contributed by atoms with Crippen LogP contribution in [0.15, 0.2) is 52.3 Å². The van der Waals surface area contributed by atoms with Crippen molar-refractivity contribution >= 4 is 21.4 Å². The molecule has 25 heavy (non-hydrogen) atoms. The highest BCUT2D eigenvalue weighted by molar-refractivity contribution is 7.91. The Kier molecular flexibility index (Phi) is 4.41. The zero-order chi connectivity index (χ0) is 17.3. The lowest BCUT2D eigenvalue weighted by atomic mass is 10.2. The molecule has 130 valence electrons. The summed E-state index contributed by atoms with van der Waals surface area (Å²) in [5.74, 6) is 0.539. The van der Waals surface area contributed by atoms with Crippen LogP contribution >= 0.6 is 11.3 Å². The number of hydrogen-bond acceptors (Lipinski definition) is 5. The van der Waals surface area contributed by atoms with E-state index in [9.17, 15) is 8.42 Å². The minimum atomic E-state index is -3.43. The molecule has 0 atom stereocenters. The van der Waals surface area contributed by atoms with Gasteiger partial charge in [0.2, 0.25) is 10.0 Å². The SMILES string of the molecule is O=S(=O)(NCCn1nc(-c2ccncc2)cc1C1CC1)c1cccs1. The van der Waals surface area contributed by atoms with Gasteiger partial charge in [-0.15, -0.1) is 11.3 Å². The van der Waals surface area contributed by atoms with Crippen molar-refractivity contribution in [2.45, 2.75) is 29.5 Å². The maximum atomic E-state index is 12.2. The zero-order valence-electron chi connectivity index (χ0n) is 13.5. The van der Waals surface area contributed by atoms with Crippen molar-refractivity contribution in [1.29, 1.82) is 0 Å². The molecule has 1 aliphatic rings. The van der Waals surface area contributed by atoms with Crippen molar-refractivity contribution in [3.63, 3.8) is 0 Å². The molecule has 0 aromatic carbocycles. The van der Waals surface area contributed by atoms with Gasteiger partial charge in [-0.2, -0.15) is 5.10 Å². The summed E-state index contributed by atoms with van der Waals surface area (Å²) < 4.78 is 29.3. The molecule has 0 bridgehead atoms. The number of aromatic nitrogens is 3. The van der Waals surface area contributed by atoms with Gasteiger partial charge in [-0.3, -0.25) is 9.67 Å². The Hall–Kier alpha value is -2.03. The minimum absolute atomic E-state index is 0.317. The Bertz CT molecular complexity index is 946. The number of sulfonamides is 1. The number of nitrogens with one attached hydrogen (secondary N) is 1. The molecule has 0 unspecified atom stereocenters. The quantitative estimate of drug-likeness (QED) is 0.690. The maximum absolute atomic E-state index is 12.2. The van der Waals surface area contributed by atoms with Gasteiger partial charge in [0, 0.05) is 36.1 Å². The summed E-state index contributed by atoms with van der Waals surface area (Å²) >= 11 is 1.22. The number of thiophene rings is 1. The molecule has 1 fully saturated rings. The molecule has 0 amide bonds. The predicted molar refractivity (Wildman–Crippen MR) is 96.9 cm³/mol. The van der Waals surface area contributed by atoms with E-state index in [0.29, 0.717) is 23.2 Å². The van der Waals surface area contributed by atoms with Gasteiger partial charge >= 0.3 is 0 Å². The van der Waals surface area contributed by atoms with E-state index < -0.39 is 10.0 Å². The van der Waals surface area contributed by atoms with Crippen molar-refractivity contribution in [2.75, 3.05) is 6.54 Å². The van der Waals surface area contributed by atoms with Gasteiger partial charge < -0.3 is 0 Å². The molecular weight excluding hydrogens is 356 g/mol. The summed E-state index contributed by atoms with van der Waals surface area (Å²) in [7, 11) is -3.43. The van der Waals surface area contributed by atoms with Crippen LogP contribution in [0.5, 0.6) is 0 Å². The summed E-state index contributed by atoms with van der Waals surface area (Å²) in [5, 5.41) is 6.44. The molecule has 3 aromatic rings. The van der Waals surface area contributed by atoms with E-state index in [1.807, 2.05) is 16.8 Å². The lowest BCUT2D eigenvalue weighted by Gasteiger charge is -2.08. The van der Waals surface area contributed by atoms with Gasteiger partial charge in [-0.25, -0.2) is 13.1 Å². The van der Waals surface area contributed by atoms with E-state index in [1.165, 1.54) is 29.9 Å². The molecule has 1 saturated carbocycles. The Morgan fingerprint density at radius 1 is 1.24 bits per heavy atom. The monoisotopic (exact) mass is 374 g/mol.